The molecule has 4 aromatic rings. The van der Waals surface area contributed by atoms with Crippen molar-refractivity contribution in [2.24, 2.45) is 0 Å². The van der Waals surface area contributed by atoms with Crippen molar-refractivity contribution in [3.63, 3.8) is 0 Å². The molecule has 0 saturated heterocycles. The minimum atomic E-state index is 0. The first kappa shape index (κ1) is 15.6. The van der Waals surface area contributed by atoms with Crippen LogP contribution >= 0.6 is 0 Å². The minimum absolute atomic E-state index is 0. The average molecular weight is 473 g/mol. The zero-order valence-corrected chi connectivity index (χ0v) is 14.8. The molecule has 2 heteroatoms. The van der Waals surface area contributed by atoms with Crippen LogP contribution in [0.4, 0.5) is 0 Å². The van der Waals surface area contributed by atoms with Crippen molar-refractivity contribution in [1.29, 1.82) is 0 Å². The van der Waals surface area contributed by atoms with E-state index >= 15 is 0 Å². The van der Waals surface area contributed by atoms with E-state index in [-0.39, 0.29) is 20.1 Å². The first-order valence-electron chi connectivity index (χ1n) is 7.34. The monoisotopic (exact) mass is 473 g/mol. The van der Waals surface area contributed by atoms with Crippen molar-refractivity contribution in [3.05, 3.63) is 91.1 Å². The molecule has 0 unspecified atom stereocenters. The van der Waals surface area contributed by atoms with Gasteiger partial charge in [-0.2, -0.15) is 0 Å². The molecule has 0 N–H and O–H groups in total. The molecule has 0 aliphatic rings. The van der Waals surface area contributed by atoms with Crippen molar-refractivity contribution in [2.75, 3.05) is 0 Å². The summed E-state index contributed by atoms with van der Waals surface area (Å²) in [4.78, 5) is 4.47. The zero-order valence-electron chi connectivity index (χ0n) is 12.4. The van der Waals surface area contributed by atoms with Crippen molar-refractivity contribution in [1.82, 2.24) is 4.98 Å². The molecule has 1 heterocycles. The Morgan fingerprint density at radius 3 is 2.13 bits per heavy atom. The van der Waals surface area contributed by atoms with Gasteiger partial charge in [0.1, 0.15) is 0 Å². The first-order chi connectivity index (χ1) is 10.9. The fraction of sp³-hybridized carbons (Fsp3) is 0. The zero-order chi connectivity index (χ0) is 14.8. The van der Waals surface area contributed by atoms with E-state index in [9.17, 15) is 0 Å². The second-order valence-corrected chi connectivity index (χ2v) is 5.20. The normalized spacial score (nSPS) is 10.3. The number of hydrogen-bond acceptors (Lipinski definition) is 1. The molecule has 0 aliphatic heterocycles. The Kier molecular flexibility index (Phi) is 4.66. The topological polar surface area (TPSA) is 12.9 Å². The summed E-state index contributed by atoms with van der Waals surface area (Å²) >= 11 is 0. The van der Waals surface area contributed by atoms with Crippen LogP contribution in [0, 0.1) is 6.07 Å². The second-order valence-electron chi connectivity index (χ2n) is 5.20. The SMILES string of the molecule is [Ir].[c-]1cc(-c2ccccc2)c2ccccc2c1-c1ccccn1. The Hall–Kier alpha value is -2.28. The van der Waals surface area contributed by atoms with Crippen molar-refractivity contribution in [3.8, 4) is 22.4 Å². The van der Waals surface area contributed by atoms with E-state index < -0.39 is 0 Å². The van der Waals surface area contributed by atoms with E-state index in [1.54, 1.807) is 0 Å². The molecule has 1 nitrogen and oxygen atoms in total. The molecule has 0 saturated carbocycles. The van der Waals surface area contributed by atoms with Crippen LogP contribution in [0.5, 0.6) is 0 Å². The summed E-state index contributed by atoms with van der Waals surface area (Å²) < 4.78 is 0. The summed E-state index contributed by atoms with van der Waals surface area (Å²) in [5, 5.41) is 2.41. The Morgan fingerprint density at radius 2 is 1.39 bits per heavy atom. The van der Waals surface area contributed by atoms with Crippen LogP contribution in [-0.2, 0) is 20.1 Å². The summed E-state index contributed by atoms with van der Waals surface area (Å²) in [6.07, 6.45) is 1.82. The van der Waals surface area contributed by atoms with E-state index in [0.717, 1.165) is 11.3 Å². The molecular formula is C21H14IrN-. The van der Waals surface area contributed by atoms with E-state index in [1.807, 2.05) is 30.5 Å². The van der Waals surface area contributed by atoms with Gasteiger partial charge in [0.2, 0.25) is 0 Å². The summed E-state index contributed by atoms with van der Waals surface area (Å²) in [6.45, 7) is 0. The van der Waals surface area contributed by atoms with Crippen LogP contribution < -0.4 is 0 Å². The number of aromatic nitrogens is 1. The number of hydrogen-bond donors (Lipinski definition) is 0. The third kappa shape index (κ3) is 2.96. The molecule has 0 fully saturated rings. The fourth-order valence-electron chi connectivity index (χ4n) is 2.81. The maximum atomic E-state index is 4.47. The number of rotatable bonds is 2. The standard InChI is InChI=1S/C21H14N.Ir/c1-2-8-16(9-3-1)17-13-14-20(21-12-6-7-15-22-21)19-11-5-4-10-18(17)19;/h1-13,15H;/q-1;. The number of pyridine rings is 1. The molecule has 0 aliphatic carbocycles. The van der Waals surface area contributed by atoms with E-state index in [1.165, 1.54) is 21.9 Å². The number of benzene rings is 3. The molecule has 0 atom stereocenters. The molecule has 0 bridgehead atoms. The number of nitrogens with zero attached hydrogens (tertiary/aromatic N) is 1. The third-order valence-corrected chi connectivity index (χ3v) is 3.85. The fourth-order valence-corrected chi connectivity index (χ4v) is 2.81. The Bertz CT molecular complexity index is 840. The van der Waals surface area contributed by atoms with Crippen LogP contribution in [0.25, 0.3) is 33.2 Å². The largest absolute Gasteiger partial charge is 0.305 e. The van der Waals surface area contributed by atoms with Gasteiger partial charge in [-0.25, -0.2) is 0 Å². The van der Waals surface area contributed by atoms with Gasteiger partial charge in [0.25, 0.3) is 0 Å². The van der Waals surface area contributed by atoms with Crippen LogP contribution in [0.1, 0.15) is 0 Å². The van der Waals surface area contributed by atoms with Crippen LogP contribution in [0.2, 0.25) is 0 Å². The van der Waals surface area contributed by atoms with Crippen LogP contribution in [-0.4, -0.2) is 4.98 Å². The molecule has 0 amide bonds. The van der Waals surface area contributed by atoms with Crippen molar-refractivity contribution in [2.45, 2.75) is 0 Å². The smallest absolute Gasteiger partial charge is 0.0160 e. The minimum Gasteiger partial charge on any atom is -0.305 e. The molecule has 0 spiro atoms. The molecule has 1 aromatic heterocycles. The molecule has 23 heavy (non-hydrogen) atoms. The van der Waals surface area contributed by atoms with Crippen molar-refractivity contribution >= 4 is 10.8 Å². The van der Waals surface area contributed by atoms with Gasteiger partial charge in [0.05, 0.1) is 0 Å². The predicted molar refractivity (Wildman–Crippen MR) is 91.5 cm³/mol. The summed E-state index contributed by atoms with van der Waals surface area (Å²) in [5.41, 5.74) is 4.42. The second kappa shape index (κ2) is 6.87. The summed E-state index contributed by atoms with van der Waals surface area (Å²) in [7, 11) is 0. The van der Waals surface area contributed by atoms with Gasteiger partial charge in [0, 0.05) is 26.3 Å². The van der Waals surface area contributed by atoms with Gasteiger partial charge in [-0.15, -0.1) is 17.7 Å². The van der Waals surface area contributed by atoms with E-state index in [4.69, 9.17) is 0 Å². The van der Waals surface area contributed by atoms with E-state index in [0.29, 0.717) is 0 Å². The average Bonchev–Trinajstić information content (AvgIpc) is 2.62. The van der Waals surface area contributed by atoms with Gasteiger partial charge in [-0.3, -0.25) is 0 Å². The Morgan fingerprint density at radius 1 is 0.696 bits per heavy atom. The Balaban J connectivity index is 0.00000156. The van der Waals surface area contributed by atoms with Gasteiger partial charge >= 0.3 is 0 Å². The quantitative estimate of drug-likeness (QED) is 0.358. The third-order valence-electron chi connectivity index (χ3n) is 3.85. The van der Waals surface area contributed by atoms with Gasteiger partial charge in [0.15, 0.2) is 0 Å². The maximum absolute atomic E-state index is 4.47. The van der Waals surface area contributed by atoms with Crippen LogP contribution in [0.15, 0.2) is 85.1 Å². The molecule has 4 rings (SSSR count). The summed E-state index contributed by atoms with van der Waals surface area (Å²) in [5.74, 6) is 0. The van der Waals surface area contributed by atoms with Gasteiger partial charge in [-0.1, -0.05) is 88.6 Å². The predicted octanol–water partition coefficient (Wildman–Crippen LogP) is 5.37. The van der Waals surface area contributed by atoms with Crippen molar-refractivity contribution < 1.29 is 20.1 Å². The first-order valence-corrected chi connectivity index (χ1v) is 7.34. The summed E-state index contributed by atoms with van der Waals surface area (Å²) in [6, 6.07) is 30.4. The molecule has 1 radical (unpaired) electrons. The van der Waals surface area contributed by atoms with Crippen LogP contribution in [0.3, 0.4) is 0 Å². The maximum Gasteiger partial charge on any atom is 0.0160 e. The molecule has 3 aromatic carbocycles. The van der Waals surface area contributed by atoms with Gasteiger partial charge in [-0.05, 0) is 11.8 Å². The van der Waals surface area contributed by atoms with Gasteiger partial charge < -0.3 is 4.98 Å². The number of fused-ring (bicyclic) bond motifs is 1. The molecular weight excluding hydrogens is 458 g/mol. The van der Waals surface area contributed by atoms with E-state index in [2.05, 4.69) is 65.6 Å². The Labute approximate surface area is 149 Å². The molecule has 113 valence electrons.